The van der Waals surface area contributed by atoms with Gasteiger partial charge in [-0.1, -0.05) is 18.2 Å². The van der Waals surface area contributed by atoms with Gasteiger partial charge in [0.2, 0.25) is 0 Å². The van der Waals surface area contributed by atoms with Crippen molar-refractivity contribution in [2.75, 3.05) is 4.72 Å². The van der Waals surface area contributed by atoms with E-state index in [0.717, 1.165) is 31.2 Å². The van der Waals surface area contributed by atoms with Crippen LogP contribution in [-0.2, 0) is 29.3 Å². The summed E-state index contributed by atoms with van der Waals surface area (Å²) in [7, 11) is -3.83. The van der Waals surface area contributed by atoms with Crippen molar-refractivity contribution in [1.82, 2.24) is 0 Å². The lowest BCUT2D eigenvalue weighted by Gasteiger charge is -2.17. The standard InChI is InChI=1S/C18H18F3NO2S/c19-18(20,21)12-13-5-9-17(10-6-13)25(23,24)22-16-8-7-14-3-1-2-4-15(14)11-16/h5-11,22H,1-4,12H2. The molecule has 2 aromatic rings. The number of hydrogen-bond acceptors (Lipinski definition) is 2. The summed E-state index contributed by atoms with van der Waals surface area (Å²) in [5, 5.41) is 0. The molecule has 0 atom stereocenters. The van der Waals surface area contributed by atoms with Gasteiger partial charge in [-0.25, -0.2) is 8.42 Å². The number of halogens is 3. The summed E-state index contributed by atoms with van der Waals surface area (Å²) in [6.45, 7) is 0. The summed E-state index contributed by atoms with van der Waals surface area (Å²) < 4.78 is 64.5. The molecular weight excluding hydrogens is 351 g/mol. The second kappa shape index (κ2) is 6.71. The zero-order chi connectivity index (χ0) is 18.1. The van der Waals surface area contributed by atoms with Gasteiger partial charge >= 0.3 is 6.18 Å². The Morgan fingerprint density at radius 1 is 0.920 bits per heavy atom. The van der Waals surface area contributed by atoms with E-state index >= 15 is 0 Å². The van der Waals surface area contributed by atoms with E-state index in [1.807, 2.05) is 12.1 Å². The van der Waals surface area contributed by atoms with Crippen LogP contribution in [-0.4, -0.2) is 14.6 Å². The highest BCUT2D eigenvalue weighted by atomic mass is 32.2. The lowest BCUT2D eigenvalue weighted by molar-refractivity contribution is -0.127. The van der Waals surface area contributed by atoms with Crippen LogP contribution >= 0.6 is 0 Å². The van der Waals surface area contributed by atoms with E-state index in [-0.39, 0.29) is 10.5 Å². The molecule has 1 aliphatic rings. The first kappa shape index (κ1) is 17.8. The largest absolute Gasteiger partial charge is 0.393 e. The van der Waals surface area contributed by atoms with Crippen LogP contribution in [0.3, 0.4) is 0 Å². The van der Waals surface area contributed by atoms with Crippen molar-refractivity contribution in [3.63, 3.8) is 0 Å². The molecule has 1 N–H and O–H groups in total. The molecule has 0 spiro atoms. The Hall–Kier alpha value is -2.02. The Morgan fingerprint density at radius 2 is 1.56 bits per heavy atom. The van der Waals surface area contributed by atoms with Gasteiger partial charge in [0, 0.05) is 5.69 Å². The minimum absolute atomic E-state index is 0.0280. The third-order valence-corrected chi connectivity index (χ3v) is 5.64. The van der Waals surface area contributed by atoms with Crippen LogP contribution < -0.4 is 4.72 Å². The minimum atomic E-state index is -4.32. The number of benzene rings is 2. The summed E-state index contributed by atoms with van der Waals surface area (Å²) >= 11 is 0. The van der Waals surface area contributed by atoms with Gasteiger partial charge in [0.25, 0.3) is 10.0 Å². The van der Waals surface area contributed by atoms with Gasteiger partial charge < -0.3 is 0 Å². The Balaban J connectivity index is 1.77. The molecule has 0 amide bonds. The zero-order valence-electron chi connectivity index (χ0n) is 13.4. The molecule has 0 unspecified atom stereocenters. The first-order chi connectivity index (χ1) is 11.7. The molecule has 134 valence electrons. The van der Waals surface area contributed by atoms with Crippen LogP contribution in [0.1, 0.15) is 29.5 Å². The van der Waals surface area contributed by atoms with Crippen molar-refractivity contribution >= 4 is 15.7 Å². The van der Waals surface area contributed by atoms with Crippen LogP contribution in [0.2, 0.25) is 0 Å². The second-order valence-electron chi connectivity index (χ2n) is 6.23. The van der Waals surface area contributed by atoms with Gasteiger partial charge in [0.05, 0.1) is 11.3 Å². The van der Waals surface area contributed by atoms with Crippen molar-refractivity contribution in [2.45, 2.75) is 43.2 Å². The third kappa shape index (κ3) is 4.54. The molecule has 7 heteroatoms. The first-order valence-electron chi connectivity index (χ1n) is 8.03. The first-order valence-corrected chi connectivity index (χ1v) is 9.52. The highest BCUT2D eigenvalue weighted by molar-refractivity contribution is 7.92. The van der Waals surface area contributed by atoms with Crippen LogP contribution in [0.5, 0.6) is 0 Å². The van der Waals surface area contributed by atoms with E-state index in [4.69, 9.17) is 0 Å². The van der Waals surface area contributed by atoms with Crippen molar-refractivity contribution in [3.8, 4) is 0 Å². The molecule has 25 heavy (non-hydrogen) atoms. The molecular formula is C18H18F3NO2S. The predicted molar refractivity (Wildman–Crippen MR) is 90.1 cm³/mol. The monoisotopic (exact) mass is 369 g/mol. The molecule has 0 fully saturated rings. The summed E-state index contributed by atoms with van der Waals surface area (Å²) in [4.78, 5) is -0.0591. The maximum absolute atomic E-state index is 12.4. The van der Waals surface area contributed by atoms with E-state index in [1.54, 1.807) is 6.07 Å². The van der Waals surface area contributed by atoms with Gasteiger partial charge in [0.15, 0.2) is 0 Å². The topological polar surface area (TPSA) is 46.2 Å². The van der Waals surface area contributed by atoms with Crippen molar-refractivity contribution in [1.29, 1.82) is 0 Å². The highest BCUT2D eigenvalue weighted by Gasteiger charge is 2.27. The molecule has 1 aliphatic carbocycles. The summed E-state index contributed by atoms with van der Waals surface area (Å²) in [6.07, 6.45) is -1.24. The zero-order valence-corrected chi connectivity index (χ0v) is 14.3. The molecule has 0 aliphatic heterocycles. The average Bonchev–Trinajstić information content (AvgIpc) is 2.53. The van der Waals surface area contributed by atoms with Gasteiger partial charge in [-0.3, -0.25) is 4.72 Å². The van der Waals surface area contributed by atoms with Gasteiger partial charge in [0.1, 0.15) is 0 Å². The highest BCUT2D eigenvalue weighted by Crippen LogP contribution is 2.26. The van der Waals surface area contributed by atoms with E-state index in [1.165, 1.54) is 29.8 Å². The Labute approximate surface area is 144 Å². The van der Waals surface area contributed by atoms with Crippen molar-refractivity contribution < 1.29 is 21.6 Å². The number of nitrogens with one attached hydrogen (secondary N) is 1. The van der Waals surface area contributed by atoms with Gasteiger partial charge in [-0.2, -0.15) is 13.2 Å². The molecule has 0 heterocycles. The predicted octanol–water partition coefficient (Wildman–Crippen LogP) is 4.47. The third-order valence-electron chi connectivity index (χ3n) is 4.24. The SMILES string of the molecule is O=S(=O)(Nc1ccc2c(c1)CCCC2)c1ccc(CC(F)(F)F)cc1. The molecule has 0 saturated heterocycles. The van der Waals surface area contributed by atoms with Crippen LogP contribution in [0, 0.1) is 0 Å². The van der Waals surface area contributed by atoms with Crippen LogP contribution in [0.15, 0.2) is 47.4 Å². The summed E-state index contributed by atoms with van der Waals surface area (Å²) in [5.41, 5.74) is 2.89. The Kier molecular flexibility index (Phi) is 4.77. The molecule has 3 nitrogen and oxygen atoms in total. The number of rotatable bonds is 4. The van der Waals surface area contributed by atoms with E-state index < -0.39 is 22.6 Å². The quantitative estimate of drug-likeness (QED) is 0.864. The maximum Gasteiger partial charge on any atom is 0.393 e. The fraction of sp³-hybridized carbons (Fsp3) is 0.333. The Bertz CT molecular complexity index is 859. The molecule has 0 aromatic heterocycles. The van der Waals surface area contributed by atoms with Gasteiger partial charge in [-0.05, 0) is 66.6 Å². The Morgan fingerprint density at radius 3 is 2.20 bits per heavy atom. The fourth-order valence-corrected chi connectivity index (χ4v) is 4.08. The minimum Gasteiger partial charge on any atom is -0.280 e. The lowest BCUT2D eigenvalue weighted by atomic mass is 9.91. The summed E-state index contributed by atoms with van der Waals surface area (Å²) in [5.74, 6) is 0. The number of hydrogen-bond donors (Lipinski definition) is 1. The maximum atomic E-state index is 12.4. The fourth-order valence-electron chi connectivity index (χ4n) is 3.03. The number of aryl methyl sites for hydroxylation is 2. The molecule has 3 rings (SSSR count). The summed E-state index contributed by atoms with van der Waals surface area (Å²) in [6, 6.07) is 10.3. The lowest BCUT2D eigenvalue weighted by Crippen LogP contribution is -2.15. The normalized spacial score (nSPS) is 14.8. The molecule has 2 aromatic carbocycles. The van der Waals surface area contributed by atoms with E-state index in [0.29, 0.717) is 5.69 Å². The molecule has 0 saturated carbocycles. The number of sulfonamides is 1. The van der Waals surface area contributed by atoms with Crippen molar-refractivity contribution in [2.24, 2.45) is 0 Å². The number of fused-ring (bicyclic) bond motifs is 1. The van der Waals surface area contributed by atoms with Crippen LogP contribution in [0.4, 0.5) is 18.9 Å². The number of alkyl halides is 3. The van der Waals surface area contributed by atoms with Crippen LogP contribution in [0.25, 0.3) is 0 Å². The average molecular weight is 369 g/mol. The van der Waals surface area contributed by atoms with E-state index in [9.17, 15) is 21.6 Å². The van der Waals surface area contributed by atoms with E-state index in [2.05, 4.69) is 4.72 Å². The van der Waals surface area contributed by atoms with Crippen molar-refractivity contribution in [3.05, 3.63) is 59.2 Å². The van der Waals surface area contributed by atoms with Gasteiger partial charge in [-0.15, -0.1) is 0 Å². The second-order valence-corrected chi connectivity index (χ2v) is 7.91. The molecule has 0 radical (unpaired) electrons. The smallest absolute Gasteiger partial charge is 0.280 e. The number of anilines is 1. The molecule has 0 bridgehead atoms.